The number of amides is 1. The number of nitrogens with one attached hydrogen (secondary N) is 1. The van der Waals surface area contributed by atoms with E-state index in [1.807, 2.05) is 5.38 Å². The van der Waals surface area contributed by atoms with Crippen LogP contribution in [0.15, 0.2) is 58.3 Å². The predicted octanol–water partition coefficient (Wildman–Crippen LogP) is 5.33. The van der Waals surface area contributed by atoms with E-state index in [9.17, 15) is 9.18 Å². The highest BCUT2D eigenvalue weighted by atomic mass is 35.5. The van der Waals surface area contributed by atoms with E-state index in [1.54, 1.807) is 36.4 Å². The number of nitrogens with zero attached hydrogens (tertiary/aromatic N) is 1. The molecule has 122 valence electrons. The fourth-order valence-corrected chi connectivity index (χ4v) is 3.79. The van der Waals surface area contributed by atoms with Crippen molar-refractivity contribution in [3.63, 3.8) is 0 Å². The molecule has 3 rings (SSSR count). The number of thioether (sulfide) groups is 1. The number of benzene rings is 2. The van der Waals surface area contributed by atoms with Gasteiger partial charge in [-0.15, -0.1) is 11.3 Å². The minimum absolute atomic E-state index is 0.124. The third-order valence-electron chi connectivity index (χ3n) is 3.06. The van der Waals surface area contributed by atoms with Gasteiger partial charge in [-0.05, 0) is 42.5 Å². The van der Waals surface area contributed by atoms with E-state index in [1.165, 1.54) is 35.2 Å². The lowest BCUT2D eigenvalue weighted by Gasteiger charge is -2.04. The van der Waals surface area contributed by atoms with Gasteiger partial charge in [0.15, 0.2) is 4.34 Å². The number of thiazole rings is 1. The second kappa shape index (κ2) is 7.79. The first-order chi connectivity index (χ1) is 11.6. The van der Waals surface area contributed by atoms with Crippen molar-refractivity contribution < 1.29 is 9.18 Å². The van der Waals surface area contributed by atoms with E-state index in [4.69, 9.17) is 11.6 Å². The van der Waals surface area contributed by atoms with Gasteiger partial charge in [0.05, 0.1) is 11.4 Å². The van der Waals surface area contributed by atoms with Crippen LogP contribution in [0, 0.1) is 5.82 Å². The molecular weight excluding hydrogens is 367 g/mol. The highest BCUT2D eigenvalue weighted by Crippen LogP contribution is 2.28. The molecule has 1 aromatic heterocycles. The Bertz CT molecular complexity index is 852. The second-order valence-corrected chi connectivity index (χ2v) is 7.37. The Morgan fingerprint density at radius 1 is 1.25 bits per heavy atom. The Balaban J connectivity index is 1.57. The smallest absolute Gasteiger partial charge is 0.234 e. The summed E-state index contributed by atoms with van der Waals surface area (Å²) in [5, 5.41) is 5.26. The van der Waals surface area contributed by atoms with Crippen LogP contribution < -0.4 is 5.32 Å². The van der Waals surface area contributed by atoms with Gasteiger partial charge in [0.2, 0.25) is 5.91 Å². The molecule has 0 atom stereocenters. The molecule has 3 aromatic rings. The van der Waals surface area contributed by atoms with E-state index in [0.717, 1.165) is 15.6 Å². The molecule has 0 aliphatic heterocycles. The summed E-state index contributed by atoms with van der Waals surface area (Å²) in [6.07, 6.45) is 0. The Morgan fingerprint density at radius 3 is 2.79 bits per heavy atom. The van der Waals surface area contributed by atoms with Crippen LogP contribution in [0.2, 0.25) is 5.02 Å². The van der Waals surface area contributed by atoms with Crippen molar-refractivity contribution >= 4 is 46.3 Å². The van der Waals surface area contributed by atoms with Gasteiger partial charge in [-0.2, -0.15) is 0 Å². The highest BCUT2D eigenvalue weighted by molar-refractivity contribution is 8.01. The van der Waals surface area contributed by atoms with Gasteiger partial charge in [0, 0.05) is 21.7 Å². The van der Waals surface area contributed by atoms with Crippen molar-refractivity contribution in [3.05, 3.63) is 64.8 Å². The molecule has 0 saturated heterocycles. The van der Waals surface area contributed by atoms with Crippen molar-refractivity contribution in [2.45, 2.75) is 4.34 Å². The normalized spacial score (nSPS) is 10.6. The lowest BCUT2D eigenvalue weighted by molar-refractivity contribution is -0.113. The number of carbonyl (C=O) groups is 1. The minimum Gasteiger partial charge on any atom is -0.325 e. The summed E-state index contributed by atoms with van der Waals surface area (Å²) in [5.74, 6) is -0.148. The van der Waals surface area contributed by atoms with Crippen molar-refractivity contribution in [2.75, 3.05) is 11.1 Å². The van der Waals surface area contributed by atoms with E-state index in [-0.39, 0.29) is 17.5 Å². The second-order valence-electron chi connectivity index (χ2n) is 4.85. The molecule has 1 N–H and O–H groups in total. The highest BCUT2D eigenvalue weighted by Gasteiger charge is 2.09. The first kappa shape index (κ1) is 17.0. The Hall–Kier alpha value is -1.89. The van der Waals surface area contributed by atoms with Gasteiger partial charge in [-0.3, -0.25) is 4.79 Å². The van der Waals surface area contributed by atoms with Crippen LogP contribution >= 0.6 is 34.7 Å². The minimum atomic E-state index is -0.277. The molecule has 0 fully saturated rings. The van der Waals surface area contributed by atoms with Crippen LogP contribution in [0.5, 0.6) is 0 Å². The molecule has 0 unspecified atom stereocenters. The molecular formula is C17H12ClFN2OS2. The number of hydrogen-bond donors (Lipinski definition) is 1. The number of aromatic nitrogens is 1. The molecule has 0 saturated carbocycles. The SMILES string of the molecule is O=C(CSc1nc(-c2ccc(F)cc2)cs1)Nc1cccc(Cl)c1. The first-order valence-electron chi connectivity index (χ1n) is 7.00. The first-order valence-corrected chi connectivity index (χ1v) is 9.24. The van der Waals surface area contributed by atoms with Crippen LogP contribution in [0.25, 0.3) is 11.3 Å². The van der Waals surface area contributed by atoms with Crippen molar-refractivity contribution in [3.8, 4) is 11.3 Å². The van der Waals surface area contributed by atoms with Gasteiger partial charge in [-0.25, -0.2) is 9.37 Å². The Morgan fingerprint density at radius 2 is 2.04 bits per heavy atom. The number of hydrogen-bond acceptors (Lipinski definition) is 4. The number of carbonyl (C=O) groups excluding carboxylic acids is 1. The number of halogens is 2. The summed E-state index contributed by atoms with van der Waals surface area (Å²) in [6, 6.07) is 13.2. The molecule has 0 spiro atoms. The fourth-order valence-electron chi connectivity index (χ4n) is 1.97. The van der Waals surface area contributed by atoms with Crippen molar-refractivity contribution in [1.82, 2.24) is 4.98 Å². The van der Waals surface area contributed by atoms with Gasteiger partial charge in [-0.1, -0.05) is 29.4 Å². The van der Waals surface area contributed by atoms with Gasteiger partial charge in [0.25, 0.3) is 0 Å². The van der Waals surface area contributed by atoms with E-state index < -0.39 is 0 Å². The van der Waals surface area contributed by atoms with Crippen LogP contribution in [0.4, 0.5) is 10.1 Å². The molecule has 0 aliphatic carbocycles. The monoisotopic (exact) mass is 378 g/mol. The molecule has 3 nitrogen and oxygen atoms in total. The van der Waals surface area contributed by atoms with Gasteiger partial charge < -0.3 is 5.32 Å². The van der Waals surface area contributed by atoms with Crippen LogP contribution in [-0.4, -0.2) is 16.6 Å². The fraction of sp³-hybridized carbons (Fsp3) is 0.0588. The summed E-state index contributed by atoms with van der Waals surface area (Å²) in [5.41, 5.74) is 2.29. The zero-order valence-corrected chi connectivity index (χ0v) is 14.7. The van der Waals surface area contributed by atoms with Crippen molar-refractivity contribution in [1.29, 1.82) is 0 Å². The van der Waals surface area contributed by atoms with Gasteiger partial charge in [0.1, 0.15) is 5.82 Å². The molecule has 0 radical (unpaired) electrons. The summed E-state index contributed by atoms with van der Waals surface area (Å²) in [7, 11) is 0. The van der Waals surface area contributed by atoms with Gasteiger partial charge >= 0.3 is 0 Å². The standard InChI is InChI=1S/C17H12ClFN2OS2/c18-12-2-1-3-14(8-12)20-16(22)10-24-17-21-15(9-23-17)11-4-6-13(19)7-5-11/h1-9H,10H2,(H,20,22). The lowest BCUT2D eigenvalue weighted by Crippen LogP contribution is -2.13. The van der Waals surface area contributed by atoms with E-state index >= 15 is 0 Å². The topological polar surface area (TPSA) is 42.0 Å². The third-order valence-corrected chi connectivity index (χ3v) is 5.31. The lowest BCUT2D eigenvalue weighted by atomic mass is 10.2. The molecule has 1 amide bonds. The number of rotatable bonds is 5. The van der Waals surface area contributed by atoms with Crippen LogP contribution in [0.3, 0.4) is 0 Å². The molecule has 2 aromatic carbocycles. The zero-order chi connectivity index (χ0) is 16.9. The van der Waals surface area contributed by atoms with E-state index in [2.05, 4.69) is 10.3 Å². The van der Waals surface area contributed by atoms with Crippen LogP contribution in [-0.2, 0) is 4.79 Å². The Labute approximate surface area is 151 Å². The quantitative estimate of drug-likeness (QED) is 0.610. The van der Waals surface area contributed by atoms with E-state index in [0.29, 0.717) is 10.7 Å². The maximum Gasteiger partial charge on any atom is 0.234 e. The number of anilines is 1. The van der Waals surface area contributed by atoms with Crippen LogP contribution in [0.1, 0.15) is 0 Å². The summed E-state index contributed by atoms with van der Waals surface area (Å²) in [6.45, 7) is 0. The molecule has 0 aliphatic rings. The summed E-state index contributed by atoms with van der Waals surface area (Å²) >= 11 is 8.70. The maximum atomic E-state index is 12.9. The van der Waals surface area contributed by atoms with Crippen molar-refractivity contribution in [2.24, 2.45) is 0 Å². The predicted molar refractivity (Wildman–Crippen MR) is 98.3 cm³/mol. The average molecular weight is 379 g/mol. The molecule has 0 bridgehead atoms. The summed E-state index contributed by atoms with van der Waals surface area (Å²) in [4.78, 5) is 16.4. The average Bonchev–Trinajstić information content (AvgIpc) is 3.03. The molecule has 24 heavy (non-hydrogen) atoms. The maximum absolute atomic E-state index is 12.9. The third kappa shape index (κ3) is 4.56. The largest absolute Gasteiger partial charge is 0.325 e. The Kier molecular flexibility index (Phi) is 5.50. The zero-order valence-electron chi connectivity index (χ0n) is 12.3. The molecule has 1 heterocycles. The summed E-state index contributed by atoms with van der Waals surface area (Å²) < 4.78 is 13.7. The molecule has 7 heteroatoms.